The van der Waals surface area contributed by atoms with Crippen LogP contribution in [-0.4, -0.2) is 37.8 Å². The Morgan fingerprint density at radius 3 is 2.75 bits per heavy atom. The molecule has 0 radical (unpaired) electrons. The van der Waals surface area contributed by atoms with Crippen molar-refractivity contribution >= 4 is 17.2 Å². The number of hydrogen-bond donors (Lipinski definition) is 2. The highest BCUT2D eigenvalue weighted by molar-refractivity contribution is 7.15. The highest BCUT2D eigenvalue weighted by atomic mass is 32.1. The fourth-order valence-electron chi connectivity index (χ4n) is 2.36. The third-order valence-electron chi connectivity index (χ3n) is 3.79. The molecule has 0 fully saturated rings. The summed E-state index contributed by atoms with van der Waals surface area (Å²) in [5, 5.41) is 24.8. The molecule has 24 heavy (non-hydrogen) atoms. The highest BCUT2D eigenvalue weighted by Gasteiger charge is 2.22. The van der Waals surface area contributed by atoms with Crippen molar-refractivity contribution in [2.75, 3.05) is 6.54 Å². The van der Waals surface area contributed by atoms with Crippen molar-refractivity contribution in [3.63, 3.8) is 0 Å². The first kappa shape index (κ1) is 16.3. The summed E-state index contributed by atoms with van der Waals surface area (Å²) in [7, 11) is 0. The number of carbonyl (C=O) groups excluding carboxylic acids is 1. The molecule has 2 N–H and O–H groups in total. The van der Waals surface area contributed by atoms with Crippen LogP contribution in [0.3, 0.4) is 0 Å². The predicted octanol–water partition coefficient (Wildman–Crippen LogP) is 1.80. The number of amides is 1. The molecule has 0 bridgehead atoms. The predicted molar refractivity (Wildman–Crippen MR) is 90.2 cm³/mol. The van der Waals surface area contributed by atoms with Crippen molar-refractivity contribution in [1.29, 1.82) is 0 Å². The number of hydrogen-bond acceptors (Lipinski definition) is 6. The topological polar surface area (TPSA) is 92.9 Å². The molecule has 0 saturated carbocycles. The van der Waals surface area contributed by atoms with Gasteiger partial charge in [-0.25, -0.2) is 0 Å². The van der Waals surface area contributed by atoms with Gasteiger partial charge in [-0.3, -0.25) is 4.79 Å². The van der Waals surface area contributed by atoms with E-state index in [0.717, 1.165) is 16.0 Å². The van der Waals surface area contributed by atoms with Gasteiger partial charge < -0.3 is 10.4 Å². The summed E-state index contributed by atoms with van der Waals surface area (Å²) >= 11 is 1.45. The Kier molecular flexibility index (Phi) is 4.68. The fraction of sp³-hybridized carbons (Fsp3) is 0.250. The minimum absolute atomic E-state index is 0.131. The minimum atomic E-state index is -0.758. The molecule has 2 heterocycles. The van der Waals surface area contributed by atoms with Crippen LogP contribution in [0.4, 0.5) is 0 Å². The Morgan fingerprint density at radius 2 is 2.08 bits per heavy atom. The molecular formula is C16H17N5O2S. The lowest BCUT2D eigenvalue weighted by molar-refractivity contribution is 0.0916. The number of aliphatic hydroxyl groups excluding tert-OH is 1. The van der Waals surface area contributed by atoms with Gasteiger partial charge in [0.05, 0.1) is 11.7 Å². The largest absolute Gasteiger partial charge is 0.387 e. The molecule has 1 aromatic carbocycles. The van der Waals surface area contributed by atoms with E-state index >= 15 is 0 Å². The van der Waals surface area contributed by atoms with E-state index in [0.29, 0.717) is 10.6 Å². The molecular weight excluding hydrogens is 326 g/mol. The second kappa shape index (κ2) is 6.90. The van der Waals surface area contributed by atoms with Gasteiger partial charge in [0, 0.05) is 11.4 Å². The van der Waals surface area contributed by atoms with E-state index in [1.165, 1.54) is 22.3 Å². The molecule has 0 spiro atoms. The van der Waals surface area contributed by atoms with Gasteiger partial charge in [0.2, 0.25) is 0 Å². The first-order valence-electron chi connectivity index (χ1n) is 7.42. The molecule has 124 valence electrons. The fourth-order valence-corrected chi connectivity index (χ4v) is 3.43. The van der Waals surface area contributed by atoms with Gasteiger partial charge in [-0.1, -0.05) is 30.3 Å². The maximum absolute atomic E-state index is 12.6. The smallest absolute Gasteiger partial charge is 0.254 e. The Bertz CT molecular complexity index is 830. The average molecular weight is 343 g/mol. The van der Waals surface area contributed by atoms with Crippen LogP contribution in [0.25, 0.3) is 5.00 Å². The molecule has 7 nitrogen and oxygen atoms in total. The minimum Gasteiger partial charge on any atom is -0.387 e. The molecule has 0 aliphatic carbocycles. The van der Waals surface area contributed by atoms with E-state index in [9.17, 15) is 9.90 Å². The van der Waals surface area contributed by atoms with Crippen molar-refractivity contribution < 1.29 is 9.90 Å². The highest BCUT2D eigenvalue weighted by Crippen LogP contribution is 2.30. The van der Waals surface area contributed by atoms with Gasteiger partial charge in [0.1, 0.15) is 11.3 Å². The number of rotatable bonds is 5. The summed E-state index contributed by atoms with van der Waals surface area (Å²) in [6.07, 6.45) is 0.701. The third kappa shape index (κ3) is 3.19. The normalized spacial score (nSPS) is 12.1. The number of aryl methyl sites for hydroxylation is 1. The second-order valence-corrected chi connectivity index (χ2v) is 6.56. The van der Waals surface area contributed by atoms with Crippen LogP contribution < -0.4 is 5.32 Å². The van der Waals surface area contributed by atoms with Crippen LogP contribution in [0.1, 0.15) is 32.5 Å². The summed E-state index contributed by atoms with van der Waals surface area (Å²) in [6.45, 7) is 3.97. The number of aliphatic hydroxyl groups is 1. The number of thiophene rings is 1. The Hall–Kier alpha value is -2.58. The van der Waals surface area contributed by atoms with Crippen molar-refractivity contribution in [2.45, 2.75) is 20.0 Å². The first-order valence-corrected chi connectivity index (χ1v) is 8.24. The van der Waals surface area contributed by atoms with Gasteiger partial charge in [-0.2, -0.15) is 4.68 Å². The summed E-state index contributed by atoms with van der Waals surface area (Å²) in [4.78, 5) is 13.7. The molecule has 0 aliphatic rings. The van der Waals surface area contributed by atoms with Crippen molar-refractivity contribution in [3.05, 3.63) is 58.2 Å². The van der Waals surface area contributed by atoms with E-state index in [2.05, 4.69) is 20.8 Å². The Labute approximate surface area is 142 Å². The van der Waals surface area contributed by atoms with Crippen LogP contribution in [0, 0.1) is 13.8 Å². The molecule has 2 aromatic heterocycles. The van der Waals surface area contributed by atoms with Crippen LogP contribution in [0.2, 0.25) is 0 Å². The third-order valence-corrected chi connectivity index (χ3v) is 4.99. The Balaban J connectivity index is 1.78. The number of benzene rings is 1. The van der Waals surface area contributed by atoms with Crippen molar-refractivity contribution in [3.8, 4) is 5.00 Å². The van der Waals surface area contributed by atoms with E-state index in [1.54, 1.807) is 0 Å². The van der Waals surface area contributed by atoms with E-state index in [-0.39, 0.29) is 12.5 Å². The number of nitrogens with one attached hydrogen (secondary N) is 1. The summed E-state index contributed by atoms with van der Waals surface area (Å²) < 4.78 is 1.48. The molecule has 3 aromatic rings. The van der Waals surface area contributed by atoms with E-state index in [1.807, 2.05) is 44.2 Å². The average Bonchev–Trinajstić information content (AvgIpc) is 3.22. The molecule has 1 atom stereocenters. The monoisotopic (exact) mass is 343 g/mol. The summed E-state index contributed by atoms with van der Waals surface area (Å²) in [5.41, 5.74) is 2.18. The molecule has 1 amide bonds. The quantitative estimate of drug-likeness (QED) is 0.737. The van der Waals surface area contributed by atoms with Crippen LogP contribution in [0.5, 0.6) is 0 Å². The van der Waals surface area contributed by atoms with Crippen LogP contribution in [0.15, 0.2) is 36.7 Å². The van der Waals surface area contributed by atoms with Crippen molar-refractivity contribution in [2.24, 2.45) is 0 Å². The maximum atomic E-state index is 12.6. The van der Waals surface area contributed by atoms with Gasteiger partial charge in [0.25, 0.3) is 5.91 Å². The SMILES string of the molecule is Cc1sc(-n2cnnn2)c(C(=O)NCC(O)c2ccccc2)c1C. The zero-order valence-corrected chi connectivity index (χ0v) is 14.1. The molecule has 0 aliphatic heterocycles. The Morgan fingerprint density at radius 1 is 1.33 bits per heavy atom. The summed E-state index contributed by atoms with van der Waals surface area (Å²) in [5.74, 6) is -0.252. The summed E-state index contributed by atoms with van der Waals surface area (Å²) in [6, 6.07) is 9.22. The molecule has 1 unspecified atom stereocenters. The zero-order chi connectivity index (χ0) is 17.1. The van der Waals surface area contributed by atoms with Crippen molar-refractivity contribution in [1.82, 2.24) is 25.5 Å². The van der Waals surface area contributed by atoms with Gasteiger partial charge in [-0.15, -0.1) is 16.4 Å². The van der Waals surface area contributed by atoms with E-state index in [4.69, 9.17) is 0 Å². The lowest BCUT2D eigenvalue weighted by Gasteiger charge is -2.13. The maximum Gasteiger partial charge on any atom is 0.254 e. The standard InChI is InChI=1S/C16H17N5O2S/c1-10-11(2)24-16(21-9-18-19-20-21)14(10)15(23)17-8-13(22)12-6-4-3-5-7-12/h3-7,9,13,22H,8H2,1-2H3,(H,17,23). The lowest BCUT2D eigenvalue weighted by Crippen LogP contribution is -2.29. The number of tetrazole rings is 1. The molecule has 0 saturated heterocycles. The van der Waals surface area contributed by atoms with E-state index < -0.39 is 6.10 Å². The second-order valence-electron chi connectivity index (χ2n) is 5.35. The lowest BCUT2D eigenvalue weighted by atomic mass is 10.1. The number of nitrogens with zero attached hydrogens (tertiary/aromatic N) is 4. The van der Waals surface area contributed by atoms with Gasteiger partial charge in [-0.05, 0) is 35.4 Å². The zero-order valence-electron chi connectivity index (χ0n) is 13.3. The van der Waals surface area contributed by atoms with Gasteiger partial charge >= 0.3 is 0 Å². The number of aromatic nitrogens is 4. The first-order chi connectivity index (χ1) is 11.6. The molecule has 8 heteroatoms. The van der Waals surface area contributed by atoms with Gasteiger partial charge in [0.15, 0.2) is 0 Å². The molecule has 3 rings (SSSR count). The van der Waals surface area contributed by atoms with Crippen LogP contribution >= 0.6 is 11.3 Å². The number of carbonyl (C=O) groups is 1. The van der Waals surface area contributed by atoms with Crippen LogP contribution in [-0.2, 0) is 0 Å².